The van der Waals surface area contributed by atoms with E-state index in [1.807, 2.05) is 0 Å². The van der Waals surface area contributed by atoms with Gasteiger partial charge in [-0.15, -0.1) is 6.58 Å². The summed E-state index contributed by atoms with van der Waals surface area (Å²) in [6.07, 6.45) is 5.43. The van der Waals surface area contributed by atoms with Crippen LogP contribution < -0.4 is 5.73 Å². The quantitative estimate of drug-likeness (QED) is 0.597. The van der Waals surface area contributed by atoms with Gasteiger partial charge in [0.25, 0.3) is 0 Å². The van der Waals surface area contributed by atoms with Crippen molar-refractivity contribution >= 4 is 0 Å². The molecule has 0 saturated heterocycles. The van der Waals surface area contributed by atoms with E-state index in [0.717, 1.165) is 19.3 Å². The Morgan fingerprint density at radius 1 is 1.60 bits per heavy atom. The van der Waals surface area contributed by atoms with Gasteiger partial charge in [-0.3, -0.25) is 0 Å². The van der Waals surface area contributed by atoms with E-state index in [0.29, 0.717) is 18.8 Å². The molecule has 2 nitrogen and oxygen atoms in total. The van der Waals surface area contributed by atoms with Crippen molar-refractivity contribution in [1.29, 1.82) is 0 Å². The molecule has 0 heterocycles. The lowest BCUT2D eigenvalue weighted by Crippen LogP contribution is -2.17. The average Bonchev–Trinajstić information content (AvgIpc) is 2.31. The van der Waals surface area contributed by atoms with Crippen LogP contribution in [-0.4, -0.2) is 18.8 Å². The maximum atomic E-state index is 5.69. The third kappa shape index (κ3) is 2.12. The Labute approximate surface area is 62.1 Å². The number of hydrogen-bond donors (Lipinski definition) is 1. The molecule has 1 aliphatic carbocycles. The van der Waals surface area contributed by atoms with E-state index in [-0.39, 0.29) is 0 Å². The standard InChI is InChI=1S/C8H15NO/c1-2-5-10-8-4-3-7(9)6-8/h2,7-8H,1,3-6,9H2. The molecule has 2 N–H and O–H groups in total. The van der Waals surface area contributed by atoms with Gasteiger partial charge in [-0.25, -0.2) is 0 Å². The van der Waals surface area contributed by atoms with Crippen LogP contribution in [-0.2, 0) is 4.74 Å². The predicted molar refractivity (Wildman–Crippen MR) is 41.8 cm³/mol. The largest absolute Gasteiger partial charge is 0.374 e. The predicted octanol–water partition coefficient (Wildman–Crippen LogP) is 1.07. The fraction of sp³-hybridized carbons (Fsp3) is 0.750. The van der Waals surface area contributed by atoms with Gasteiger partial charge in [-0.05, 0) is 19.3 Å². The van der Waals surface area contributed by atoms with Gasteiger partial charge in [0, 0.05) is 6.04 Å². The fourth-order valence-electron chi connectivity index (χ4n) is 1.33. The fourth-order valence-corrected chi connectivity index (χ4v) is 1.33. The minimum absolute atomic E-state index is 0.370. The number of hydrogen-bond acceptors (Lipinski definition) is 2. The van der Waals surface area contributed by atoms with Crippen LogP contribution in [0.2, 0.25) is 0 Å². The highest BCUT2D eigenvalue weighted by Gasteiger charge is 2.21. The second-order valence-electron chi connectivity index (χ2n) is 2.82. The van der Waals surface area contributed by atoms with Gasteiger partial charge in [-0.1, -0.05) is 6.08 Å². The van der Waals surface area contributed by atoms with Crippen LogP contribution in [0.5, 0.6) is 0 Å². The SMILES string of the molecule is C=CCOC1CCC(N)C1. The van der Waals surface area contributed by atoms with Crippen LogP contribution in [0, 0.1) is 0 Å². The lowest BCUT2D eigenvalue weighted by Gasteiger charge is -2.08. The topological polar surface area (TPSA) is 35.2 Å². The minimum Gasteiger partial charge on any atom is -0.374 e. The van der Waals surface area contributed by atoms with Gasteiger partial charge in [0.15, 0.2) is 0 Å². The van der Waals surface area contributed by atoms with Gasteiger partial charge in [0.2, 0.25) is 0 Å². The smallest absolute Gasteiger partial charge is 0.0648 e. The van der Waals surface area contributed by atoms with E-state index in [1.165, 1.54) is 0 Å². The summed E-state index contributed by atoms with van der Waals surface area (Å²) in [6, 6.07) is 0.370. The Kier molecular flexibility index (Phi) is 2.90. The molecule has 1 rings (SSSR count). The summed E-state index contributed by atoms with van der Waals surface area (Å²) in [5.74, 6) is 0. The van der Waals surface area contributed by atoms with Crippen molar-refractivity contribution in [1.82, 2.24) is 0 Å². The zero-order valence-electron chi connectivity index (χ0n) is 6.25. The molecule has 0 spiro atoms. The monoisotopic (exact) mass is 141 g/mol. The summed E-state index contributed by atoms with van der Waals surface area (Å²) < 4.78 is 5.42. The molecule has 0 aromatic carbocycles. The molecule has 1 saturated carbocycles. The van der Waals surface area contributed by atoms with E-state index < -0.39 is 0 Å². The van der Waals surface area contributed by atoms with Crippen molar-refractivity contribution < 1.29 is 4.74 Å². The van der Waals surface area contributed by atoms with Crippen molar-refractivity contribution in [3.05, 3.63) is 12.7 Å². The van der Waals surface area contributed by atoms with Crippen molar-refractivity contribution in [3.8, 4) is 0 Å². The van der Waals surface area contributed by atoms with Gasteiger partial charge in [0.1, 0.15) is 0 Å². The molecule has 2 unspecified atom stereocenters. The van der Waals surface area contributed by atoms with Crippen LogP contribution in [0.15, 0.2) is 12.7 Å². The van der Waals surface area contributed by atoms with Crippen molar-refractivity contribution in [3.63, 3.8) is 0 Å². The average molecular weight is 141 g/mol. The minimum atomic E-state index is 0.370. The zero-order valence-corrected chi connectivity index (χ0v) is 6.25. The summed E-state index contributed by atoms with van der Waals surface area (Å²) in [5, 5.41) is 0. The summed E-state index contributed by atoms with van der Waals surface area (Å²) in [6.45, 7) is 4.25. The van der Waals surface area contributed by atoms with E-state index in [9.17, 15) is 0 Å². The lowest BCUT2D eigenvalue weighted by atomic mass is 10.3. The molecule has 0 radical (unpaired) electrons. The van der Waals surface area contributed by atoms with E-state index >= 15 is 0 Å². The third-order valence-electron chi connectivity index (χ3n) is 1.87. The molecule has 2 atom stereocenters. The lowest BCUT2D eigenvalue weighted by molar-refractivity contribution is 0.0792. The third-order valence-corrected chi connectivity index (χ3v) is 1.87. The molecular formula is C8H15NO. The Bertz CT molecular complexity index is 114. The first kappa shape index (κ1) is 7.76. The first-order chi connectivity index (χ1) is 4.83. The highest BCUT2D eigenvalue weighted by molar-refractivity contribution is 4.79. The molecule has 2 heteroatoms. The van der Waals surface area contributed by atoms with Gasteiger partial charge < -0.3 is 10.5 Å². The van der Waals surface area contributed by atoms with Gasteiger partial charge in [0.05, 0.1) is 12.7 Å². The number of ether oxygens (including phenoxy) is 1. The van der Waals surface area contributed by atoms with Crippen molar-refractivity contribution in [2.24, 2.45) is 5.73 Å². The van der Waals surface area contributed by atoms with Crippen LogP contribution >= 0.6 is 0 Å². The molecule has 10 heavy (non-hydrogen) atoms. The van der Waals surface area contributed by atoms with E-state index in [1.54, 1.807) is 6.08 Å². The van der Waals surface area contributed by atoms with Crippen molar-refractivity contribution in [2.75, 3.05) is 6.61 Å². The first-order valence-corrected chi connectivity index (χ1v) is 3.81. The molecule has 0 aliphatic heterocycles. The molecule has 1 aliphatic rings. The maximum Gasteiger partial charge on any atom is 0.0648 e. The zero-order chi connectivity index (χ0) is 7.40. The Morgan fingerprint density at radius 3 is 2.90 bits per heavy atom. The van der Waals surface area contributed by atoms with Crippen LogP contribution in [0.1, 0.15) is 19.3 Å². The van der Waals surface area contributed by atoms with Crippen molar-refractivity contribution in [2.45, 2.75) is 31.4 Å². The van der Waals surface area contributed by atoms with E-state index in [2.05, 4.69) is 6.58 Å². The van der Waals surface area contributed by atoms with Crippen LogP contribution in [0.4, 0.5) is 0 Å². The van der Waals surface area contributed by atoms with Gasteiger partial charge in [-0.2, -0.15) is 0 Å². The molecule has 0 aromatic rings. The summed E-state index contributed by atoms with van der Waals surface area (Å²) >= 11 is 0. The molecule has 0 bridgehead atoms. The summed E-state index contributed by atoms with van der Waals surface area (Å²) in [5.41, 5.74) is 5.69. The summed E-state index contributed by atoms with van der Waals surface area (Å²) in [7, 11) is 0. The normalized spacial score (nSPS) is 32.5. The first-order valence-electron chi connectivity index (χ1n) is 3.81. The Hall–Kier alpha value is -0.340. The highest BCUT2D eigenvalue weighted by Crippen LogP contribution is 2.19. The molecule has 58 valence electrons. The molecule has 1 fully saturated rings. The Balaban J connectivity index is 2.12. The molecule has 0 amide bonds. The van der Waals surface area contributed by atoms with Gasteiger partial charge >= 0.3 is 0 Å². The maximum absolute atomic E-state index is 5.69. The number of rotatable bonds is 3. The van der Waals surface area contributed by atoms with Crippen LogP contribution in [0.3, 0.4) is 0 Å². The van der Waals surface area contributed by atoms with E-state index in [4.69, 9.17) is 10.5 Å². The second-order valence-corrected chi connectivity index (χ2v) is 2.82. The Morgan fingerprint density at radius 2 is 2.40 bits per heavy atom. The molecular weight excluding hydrogens is 126 g/mol. The highest BCUT2D eigenvalue weighted by atomic mass is 16.5. The molecule has 0 aromatic heterocycles. The number of nitrogens with two attached hydrogens (primary N) is 1. The second kappa shape index (κ2) is 3.74. The van der Waals surface area contributed by atoms with Crippen LogP contribution in [0.25, 0.3) is 0 Å². The summed E-state index contributed by atoms with van der Waals surface area (Å²) in [4.78, 5) is 0.